The molecule has 0 fully saturated rings. The molecule has 0 spiro atoms. The molecule has 0 aliphatic carbocycles. The third-order valence-electron chi connectivity index (χ3n) is 4.19. The lowest BCUT2D eigenvalue weighted by molar-refractivity contribution is -0.139. The summed E-state index contributed by atoms with van der Waals surface area (Å²) in [5.41, 5.74) is 1.08. The van der Waals surface area contributed by atoms with Crippen LogP contribution in [0.1, 0.15) is 68.8 Å². The SMILES string of the molecule is CCCC(C(=O)O)c1ccc2c(c1)C(=O)CC(C(C)(C)C)O2. The minimum atomic E-state index is -0.849. The van der Waals surface area contributed by atoms with Crippen molar-refractivity contribution in [3.8, 4) is 5.75 Å². The summed E-state index contributed by atoms with van der Waals surface area (Å²) >= 11 is 0. The highest BCUT2D eigenvalue weighted by Crippen LogP contribution is 2.37. The van der Waals surface area contributed by atoms with Crippen LogP contribution in [-0.4, -0.2) is 23.0 Å². The van der Waals surface area contributed by atoms with E-state index in [9.17, 15) is 14.7 Å². The maximum atomic E-state index is 12.4. The average Bonchev–Trinajstić information content (AvgIpc) is 2.43. The molecule has 0 saturated carbocycles. The lowest BCUT2D eigenvalue weighted by atomic mass is 9.82. The van der Waals surface area contributed by atoms with Crippen molar-refractivity contribution < 1.29 is 19.4 Å². The molecule has 0 radical (unpaired) electrons. The fourth-order valence-corrected chi connectivity index (χ4v) is 2.76. The number of aliphatic carboxylic acids is 1. The first-order valence-corrected chi connectivity index (χ1v) is 7.80. The smallest absolute Gasteiger partial charge is 0.310 e. The Bertz CT molecular complexity index is 583. The second-order valence-corrected chi connectivity index (χ2v) is 7.03. The van der Waals surface area contributed by atoms with Crippen molar-refractivity contribution in [2.75, 3.05) is 0 Å². The Balaban J connectivity index is 2.35. The monoisotopic (exact) mass is 304 g/mol. The molecular formula is C18H24O4. The Morgan fingerprint density at radius 2 is 2.09 bits per heavy atom. The third kappa shape index (κ3) is 3.32. The van der Waals surface area contributed by atoms with Gasteiger partial charge in [0.05, 0.1) is 11.5 Å². The summed E-state index contributed by atoms with van der Waals surface area (Å²) in [5, 5.41) is 9.36. The molecule has 120 valence electrons. The second kappa shape index (κ2) is 6.11. The van der Waals surface area contributed by atoms with Gasteiger partial charge >= 0.3 is 5.97 Å². The molecule has 1 aromatic rings. The maximum Gasteiger partial charge on any atom is 0.310 e. The van der Waals surface area contributed by atoms with Crippen LogP contribution in [0.2, 0.25) is 0 Å². The minimum Gasteiger partial charge on any atom is -0.489 e. The van der Waals surface area contributed by atoms with E-state index in [4.69, 9.17) is 4.74 Å². The number of Topliss-reactive ketones (excluding diaryl/α,β-unsaturated/α-hetero) is 1. The highest BCUT2D eigenvalue weighted by molar-refractivity contribution is 6.00. The summed E-state index contributed by atoms with van der Waals surface area (Å²) in [4.78, 5) is 23.8. The lowest BCUT2D eigenvalue weighted by Gasteiger charge is -2.34. The number of fused-ring (bicyclic) bond motifs is 1. The molecule has 0 aromatic heterocycles. The molecule has 1 aliphatic rings. The molecule has 4 heteroatoms. The first-order valence-electron chi connectivity index (χ1n) is 7.80. The normalized spacial score (nSPS) is 19.3. The van der Waals surface area contributed by atoms with Crippen LogP contribution >= 0.6 is 0 Å². The van der Waals surface area contributed by atoms with Crippen LogP contribution in [-0.2, 0) is 4.79 Å². The molecule has 0 saturated heterocycles. The van der Waals surface area contributed by atoms with E-state index in [1.54, 1.807) is 18.2 Å². The van der Waals surface area contributed by atoms with Gasteiger partial charge in [-0.3, -0.25) is 9.59 Å². The van der Waals surface area contributed by atoms with Crippen molar-refractivity contribution in [3.63, 3.8) is 0 Å². The summed E-state index contributed by atoms with van der Waals surface area (Å²) in [6, 6.07) is 5.21. The van der Waals surface area contributed by atoms with Crippen molar-refractivity contribution in [2.45, 2.75) is 59.0 Å². The Morgan fingerprint density at radius 1 is 1.41 bits per heavy atom. The summed E-state index contributed by atoms with van der Waals surface area (Å²) in [6.45, 7) is 8.10. The number of hydrogen-bond donors (Lipinski definition) is 1. The highest BCUT2D eigenvalue weighted by Gasteiger charge is 2.35. The van der Waals surface area contributed by atoms with Crippen LogP contribution in [0.25, 0.3) is 0 Å². The second-order valence-electron chi connectivity index (χ2n) is 7.03. The number of ketones is 1. The number of carboxylic acids is 1. The van der Waals surface area contributed by atoms with E-state index >= 15 is 0 Å². The fraction of sp³-hybridized carbons (Fsp3) is 0.556. The Hall–Kier alpha value is -1.84. The summed E-state index contributed by atoms with van der Waals surface area (Å²) in [6.07, 6.45) is 1.54. The predicted octanol–water partition coefficient (Wildman–Crippen LogP) is 4.03. The molecule has 1 heterocycles. The number of ether oxygens (including phenoxy) is 1. The molecule has 0 amide bonds. The van der Waals surface area contributed by atoms with Crippen LogP contribution in [0.4, 0.5) is 0 Å². The number of carbonyl (C=O) groups excluding carboxylic acids is 1. The van der Waals surface area contributed by atoms with Crippen molar-refractivity contribution in [1.29, 1.82) is 0 Å². The number of carboxylic acid groups (broad SMARTS) is 1. The standard InChI is InChI=1S/C18H24O4/c1-5-6-12(17(20)21)11-7-8-15-13(9-11)14(19)10-16(22-15)18(2,3)4/h7-9,12,16H,5-6,10H2,1-4H3,(H,20,21). The van der Waals surface area contributed by atoms with E-state index in [2.05, 4.69) is 0 Å². The molecule has 1 aliphatic heterocycles. The van der Waals surface area contributed by atoms with Gasteiger partial charge in [0, 0.05) is 6.42 Å². The topological polar surface area (TPSA) is 63.6 Å². The molecule has 2 rings (SSSR count). The largest absolute Gasteiger partial charge is 0.489 e. The number of rotatable bonds is 4. The number of carbonyl (C=O) groups is 2. The molecule has 1 N–H and O–H groups in total. The van der Waals surface area contributed by atoms with Gasteiger partial charge in [-0.15, -0.1) is 0 Å². The van der Waals surface area contributed by atoms with Gasteiger partial charge in [-0.25, -0.2) is 0 Å². The zero-order valence-corrected chi connectivity index (χ0v) is 13.7. The Morgan fingerprint density at radius 3 is 2.64 bits per heavy atom. The molecule has 4 nitrogen and oxygen atoms in total. The van der Waals surface area contributed by atoms with Gasteiger partial charge < -0.3 is 9.84 Å². The van der Waals surface area contributed by atoms with Crippen LogP contribution in [0.5, 0.6) is 5.75 Å². The molecule has 1 aromatic carbocycles. The molecular weight excluding hydrogens is 280 g/mol. The summed E-state index contributed by atoms with van der Waals surface area (Å²) in [5.74, 6) is -0.814. The van der Waals surface area contributed by atoms with E-state index < -0.39 is 11.9 Å². The summed E-state index contributed by atoms with van der Waals surface area (Å²) in [7, 11) is 0. The van der Waals surface area contributed by atoms with E-state index in [-0.39, 0.29) is 17.3 Å². The van der Waals surface area contributed by atoms with Crippen LogP contribution in [0.3, 0.4) is 0 Å². The molecule has 0 bridgehead atoms. The first-order chi connectivity index (χ1) is 10.2. The first kappa shape index (κ1) is 16.5. The van der Waals surface area contributed by atoms with Gasteiger partial charge in [0.2, 0.25) is 0 Å². The van der Waals surface area contributed by atoms with Crippen molar-refractivity contribution in [2.24, 2.45) is 5.41 Å². The molecule has 2 atom stereocenters. The van der Waals surface area contributed by atoms with E-state index in [0.717, 1.165) is 6.42 Å². The van der Waals surface area contributed by atoms with Gasteiger partial charge in [0.15, 0.2) is 5.78 Å². The third-order valence-corrected chi connectivity index (χ3v) is 4.19. The lowest BCUT2D eigenvalue weighted by Crippen LogP contribution is -2.37. The predicted molar refractivity (Wildman–Crippen MR) is 84.5 cm³/mol. The zero-order chi connectivity index (χ0) is 16.5. The average molecular weight is 304 g/mol. The number of hydrogen-bond acceptors (Lipinski definition) is 3. The van der Waals surface area contributed by atoms with Gasteiger partial charge in [-0.1, -0.05) is 40.2 Å². The Kier molecular flexibility index (Phi) is 4.59. The van der Waals surface area contributed by atoms with Crippen molar-refractivity contribution in [1.82, 2.24) is 0 Å². The van der Waals surface area contributed by atoms with Gasteiger partial charge in [-0.05, 0) is 29.5 Å². The minimum absolute atomic E-state index is 0.0312. The van der Waals surface area contributed by atoms with Gasteiger partial charge in [-0.2, -0.15) is 0 Å². The van der Waals surface area contributed by atoms with E-state index in [1.807, 2.05) is 27.7 Å². The molecule has 22 heavy (non-hydrogen) atoms. The quantitative estimate of drug-likeness (QED) is 0.912. The van der Waals surface area contributed by atoms with Crippen LogP contribution in [0.15, 0.2) is 18.2 Å². The van der Waals surface area contributed by atoms with Gasteiger partial charge in [0.1, 0.15) is 11.9 Å². The molecule has 2 unspecified atom stereocenters. The van der Waals surface area contributed by atoms with Crippen LogP contribution < -0.4 is 4.74 Å². The van der Waals surface area contributed by atoms with E-state index in [1.165, 1.54) is 0 Å². The summed E-state index contributed by atoms with van der Waals surface area (Å²) < 4.78 is 5.95. The Labute approximate surface area is 131 Å². The zero-order valence-electron chi connectivity index (χ0n) is 13.7. The number of benzene rings is 1. The van der Waals surface area contributed by atoms with Crippen molar-refractivity contribution in [3.05, 3.63) is 29.3 Å². The fourth-order valence-electron chi connectivity index (χ4n) is 2.76. The van der Waals surface area contributed by atoms with Crippen molar-refractivity contribution >= 4 is 11.8 Å². The van der Waals surface area contributed by atoms with E-state index in [0.29, 0.717) is 29.7 Å². The van der Waals surface area contributed by atoms with Crippen LogP contribution in [0, 0.1) is 5.41 Å². The maximum absolute atomic E-state index is 12.4. The highest BCUT2D eigenvalue weighted by atomic mass is 16.5. The van der Waals surface area contributed by atoms with Gasteiger partial charge in [0.25, 0.3) is 0 Å².